The molecule has 2 aromatic rings. The number of hydrogen-bond donors (Lipinski definition) is 3. The first kappa shape index (κ1) is 20.4. The van der Waals surface area contributed by atoms with Gasteiger partial charge in [0.05, 0.1) is 16.2 Å². The second-order valence-electron chi connectivity index (χ2n) is 6.03. The van der Waals surface area contributed by atoms with Crippen LogP contribution in [-0.4, -0.2) is 37.3 Å². The van der Waals surface area contributed by atoms with Gasteiger partial charge in [0, 0.05) is 12.6 Å². The van der Waals surface area contributed by atoms with Crippen molar-refractivity contribution in [1.29, 1.82) is 0 Å². The first-order chi connectivity index (χ1) is 12.8. The Balaban J connectivity index is 1.90. The lowest BCUT2D eigenvalue weighted by Gasteiger charge is -2.17. The molecule has 0 aromatic heterocycles. The zero-order valence-electron chi connectivity index (χ0n) is 14.9. The highest BCUT2D eigenvalue weighted by Gasteiger charge is 2.21. The predicted molar refractivity (Wildman–Crippen MR) is 101 cm³/mol. The summed E-state index contributed by atoms with van der Waals surface area (Å²) in [5.74, 6) is -1.20. The van der Waals surface area contributed by atoms with E-state index >= 15 is 0 Å². The number of nitrogens with one attached hydrogen (secondary N) is 2. The van der Waals surface area contributed by atoms with E-state index in [1.165, 1.54) is 24.3 Å². The average molecular weight is 390 g/mol. The molecular weight excluding hydrogens is 368 g/mol. The zero-order chi connectivity index (χ0) is 19.9. The van der Waals surface area contributed by atoms with Crippen LogP contribution in [0.2, 0.25) is 0 Å². The Morgan fingerprint density at radius 1 is 1.04 bits per heavy atom. The van der Waals surface area contributed by atoms with Crippen molar-refractivity contribution in [2.75, 3.05) is 5.75 Å². The van der Waals surface area contributed by atoms with Crippen molar-refractivity contribution in [3.8, 4) is 0 Å². The minimum atomic E-state index is -3.50. The summed E-state index contributed by atoms with van der Waals surface area (Å²) < 4.78 is 24.9. The lowest BCUT2D eigenvalue weighted by Crippen LogP contribution is -2.44. The van der Waals surface area contributed by atoms with Gasteiger partial charge >= 0.3 is 12.0 Å². The van der Waals surface area contributed by atoms with Crippen molar-refractivity contribution in [3.05, 3.63) is 65.7 Å². The molecule has 8 heteroatoms. The summed E-state index contributed by atoms with van der Waals surface area (Å²) in [6.45, 7) is 2.00. The highest BCUT2D eigenvalue weighted by molar-refractivity contribution is 7.91. The molecule has 2 aromatic carbocycles. The number of benzene rings is 2. The van der Waals surface area contributed by atoms with Crippen LogP contribution in [0, 0.1) is 0 Å². The lowest BCUT2D eigenvalue weighted by molar-refractivity contribution is 0.0697. The molecule has 0 aliphatic carbocycles. The van der Waals surface area contributed by atoms with Gasteiger partial charge < -0.3 is 15.7 Å². The van der Waals surface area contributed by atoms with Crippen LogP contribution in [0.15, 0.2) is 59.5 Å². The maximum atomic E-state index is 12.4. The molecule has 0 fully saturated rings. The van der Waals surface area contributed by atoms with Crippen LogP contribution in [-0.2, 0) is 16.4 Å². The molecular formula is C19H22N2O5S. The van der Waals surface area contributed by atoms with Gasteiger partial charge in [-0.15, -0.1) is 0 Å². The minimum Gasteiger partial charge on any atom is -0.478 e. The first-order valence-electron chi connectivity index (χ1n) is 8.46. The molecule has 1 unspecified atom stereocenters. The fourth-order valence-corrected chi connectivity index (χ4v) is 4.05. The molecule has 2 rings (SSSR count). The van der Waals surface area contributed by atoms with Crippen LogP contribution in [0.5, 0.6) is 0 Å². The Kier molecular flexibility index (Phi) is 6.95. The van der Waals surface area contributed by atoms with E-state index < -0.39 is 27.9 Å². The normalized spacial score (nSPS) is 12.2. The summed E-state index contributed by atoms with van der Waals surface area (Å²) in [6, 6.07) is 13.3. The maximum Gasteiger partial charge on any atom is 0.335 e. The third kappa shape index (κ3) is 6.10. The SMILES string of the molecule is CCC(CS(=O)(=O)c1ccccc1)NC(=O)NCc1ccc(C(=O)O)cc1. The van der Waals surface area contributed by atoms with E-state index in [4.69, 9.17) is 5.11 Å². The fraction of sp³-hybridized carbons (Fsp3) is 0.263. The Morgan fingerprint density at radius 3 is 2.22 bits per heavy atom. The molecule has 0 radical (unpaired) electrons. The van der Waals surface area contributed by atoms with Crippen LogP contribution < -0.4 is 10.6 Å². The van der Waals surface area contributed by atoms with Gasteiger partial charge in [0.1, 0.15) is 0 Å². The number of amides is 2. The van der Waals surface area contributed by atoms with Gasteiger partial charge in [-0.25, -0.2) is 18.0 Å². The summed E-state index contributed by atoms with van der Waals surface area (Å²) in [7, 11) is -3.50. The van der Waals surface area contributed by atoms with Gasteiger partial charge in [-0.05, 0) is 36.2 Å². The van der Waals surface area contributed by atoms with Crippen molar-refractivity contribution >= 4 is 21.8 Å². The molecule has 0 saturated heterocycles. The molecule has 27 heavy (non-hydrogen) atoms. The van der Waals surface area contributed by atoms with E-state index in [0.29, 0.717) is 6.42 Å². The maximum absolute atomic E-state index is 12.4. The standard InChI is InChI=1S/C19H22N2O5S/c1-2-16(13-27(25,26)17-6-4-3-5-7-17)21-19(24)20-12-14-8-10-15(11-9-14)18(22)23/h3-11,16H,2,12-13H2,1H3,(H,22,23)(H2,20,21,24). The van der Waals surface area contributed by atoms with E-state index in [0.717, 1.165) is 5.56 Å². The summed E-state index contributed by atoms with van der Waals surface area (Å²) in [6.07, 6.45) is 0.465. The van der Waals surface area contributed by atoms with Gasteiger partial charge in [0.25, 0.3) is 0 Å². The molecule has 0 aliphatic rings. The van der Waals surface area contributed by atoms with Crippen LogP contribution in [0.3, 0.4) is 0 Å². The fourth-order valence-electron chi connectivity index (χ4n) is 2.43. The minimum absolute atomic E-state index is 0.167. The Hall–Kier alpha value is -2.87. The number of carbonyl (C=O) groups is 2. The number of urea groups is 1. The van der Waals surface area contributed by atoms with Crippen molar-refractivity contribution in [2.24, 2.45) is 0 Å². The molecule has 2 amide bonds. The number of rotatable bonds is 8. The zero-order valence-corrected chi connectivity index (χ0v) is 15.7. The van der Waals surface area contributed by atoms with Gasteiger partial charge in [-0.1, -0.05) is 37.3 Å². The topological polar surface area (TPSA) is 113 Å². The summed E-state index contributed by atoms with van der Waals surface area (Å²) in [4.78, 5) is 23.1. The van der Waals surface area contributed by atoms with Crippen LogP contribution in [0.1, 0.15) is 29.3 Å². The first-order valence-corrected chi connectivity index (χ1v) is 10.1. The van der Waals surface area contributed by atoms with Crippen molar-refractivity contribution in [1.82, 2.24) is 10.6 Å². The number of hydrogen-bond acceptors (Lipinski definition) is 4. The number of carbonyl (C=O) groups excluding carboxylic acids is 1. The van der Waals surface area contributed by atoms with Crippen LogP contribution in [0.4, 0.5) is 4.79 Å². The summed E-state index contributed by atoms with van der Waals surface area (Å²) >= 11 is 0. The molecule has 0 saturated carbocycles. The highest BCUT2D eigenvalue weighted by Crippen LogP contribution is 2.12. The third-order valence-corrected chi connectivity index (χ3v) is 5.84. The molecule has 0 heterocycles. The van der Waals surface area contributed by atoms with E-state index in [9.17, 15) is 18.0 Å². The predicted octanol–water partition coefficient (Wildman–Crippen LogP) is 2.44. The smallest absolute Gasteiger partial charge is 0.335 e. The van der Waals surface area contributed by atoms with Crippen molar-refractivity contribution in [2.45, 2.75) is 30.8 Å². The summed E-state index contributed by atoms with van der Waals surface area (Å²) in [5, 5.41) is 14.2. The second-order valence-corrected chi connectivity index (χ2v) is 8.06. The number of carboxylic acids is 1. The van der Waals surface area contributed by atoms with Gasteiger partial charge in [-0.2, -0.15) is 0 Å². The molecule has 144 valence electrons. The van der Waals surface area contributed by atoms with Crippen LogP contribution in [0.25, 0.3) is 0 Å². The number of aromatic carboxylic acids is 1. The monoisotopic (exact) mass is 390 g/mol. The third-order valence-electron chi connectivity index (χ3n) is 4.00. The van der Waals surface area contributed by atoms with Gasteiger partial charge in [0.2, 0.25) is 0 Å². The quantitative estimate of drug-likeness (QED) is 0.641. The second kappa shape index (κ2) is 9.18. The van der Waals surface area contributed by atoms with Crippen LogP contribution >= 0.6 is 0 Å². The number of carboxylic acid groups (broad SMARTS) is 1. The van der Waals surface area contributed by atoms with Crippen molar-refractivity contribution in [3.63, 3.8) is 0 Å². The lowest BCUT2D eigenvalue weighted by atomic mass is 10.1. The average Bonchev–Trinajstić information content (AvgIpc) is 2.66. The van der Waals surface area contributed by atoms with E-state index in [1.807, 2.05) is 0 Å². The van der Waals surface area contributed by atoms with E-state index in [-0.39, 0.29) is 22.8 Å². The molecule has 0 bridgehead atoms. The Bertz CT molecular complexity index is 880. The molecule has 0 aliphatic heterocycles. The molecule has 0 spiro atoms. The van der Waals surface area contributed by atoms with Gasteiger partial charge in [0.15, 0.2) is 9.84 Å². The summed E-state index contributed by atoms with van der Waals surface area (Å²) in [5.41, 5.74) is 0.903. The Morgan fingerprint density at radius 2 is 1.67 bits per heavy atom. The molecule has 7 nitrogen and oxygen atoms in total. The van der Waals surface area contributed by atoms with Gasteiger partial charge in [-0.3, -0.25) is 0 Å². The molecule has 1 atom stereocenters. The number of sulfone groups is 1. The highest BCUT2D eigenvalue weighted by atomic mass is 32.2. The Labute approximate surface area is 158 Å². The van der Waals surface area contributed by atoms with E-state index in [1.54, 1.807) is 37.3 Å². The largest absolute Gasteiger partial charge is 0.478 e. The van der Waals surface area contributed by atoms with E-state index in [2.05, 4.69) is 10.6 Å². The molecule has 3 N–H and O–H groups in total. The van der Waals surface area contributed by atoms with Crippen molar-refractivity contribution < 1.29 is 23.1 Å².